The number of nitrogens with zero attached hydrogens (tertiary/aromatic N) is 1. The van der Waals surface area contributed by atoms with E-state index in [-0.39, 0.29) is 5.78 Å². The predicted octanol–water partition coefficient (Wildman–Crippen LogP) is 1.32. The summed E-state index contributed by atoms with van der Waals surface area (Å²) < 4.78 is 5.39. The van der Waals surface area contributed by atoms with E-state index in [0.717, 1.165) is 19.7 Å². The molecule has 0 aromatic rings. The van der Waals surface area contributed by atoms with Crippen molar-refractivity contribution >= 4 is 5.78 Å². The molecule has 0 amide bonds. The molecule has 0 aromatic carbocycles. The molecular formula is C10H21NO2. The minimum Gasteiger partial charge on any atom is -0.377 e. The van der Waals surface area contributed by atoms with Crippen LogP contribution in [0.3, 0.4) is 0 Å². The minimum atomic E-state index is 0.247. The van der Waals surface area contributed by atoms with Crippen LogP contribution in [0.25, 0.3) is 0 Å². The summed E-state index contributed by atoms with van der Waals surface area (Å²) in [5.74, 6) is 0.247. The molecule has 0 fully saturated rings. The zero-order valence-corrected chi connectivity index (χ0v) is 9.17. The van der Waals surface area contributed by atoms with E-state index in [1.807, 2.05) is 20.9 Å². The van der Waals surface area contributed by atoms with Crippen molar-refractivity contribution in [2.45, 2.75) is 33.3 Å². The summed E-state index contributed by atoms with van der Waals surface area (Å²) >= 11 is 0. The number of ether oxygens (including phenoxy) is 1. The molecule has 0 aliphatic heterocycles. The van der Waals surface area contributed by atoms with E-state index >= 15 is 0 Å². The number of likely N-dealkylation sites (N-methyl/N-ethyl adjacent to an activating group) is 1. The molecule has 13 heavy (non-hydrogen) atoms. The smallest absolute Gasteiger partial charge is 0.131 e. The molecular weight excluding hydrogens is 166 g/mol. The molecule has 0 aromatic heterocycles. The van der Waals surface area contributed by atoms with E-state index in [9.17, 15) is 4.79 Å². The minimum absolute atomic E-state index is 0.247. The van der Waals surface area contributed by atoms with E-state index in [4.69, 9.17) is 4.74 Å². The molecule has 0 radical (unpaired) electrons. The lowest BCUT2D eigenvalue weighted by Crippen LogP contribution is -2.26. The fourth-order valence-electron chi connectivity index (χ4n) is 0.904. The largest absolute Gasteiger partial charge is 0.377 e. The quantitative estimate of drug-likeness (QED) is 0.602. The van der Waals surface area contributed by atoms with Crippen molar-refractivity contribution in [1.29, 1.82) is 0 Å². The molecule has 3 nitrogen and oxygen atoms in total. The second-order valence-corrected chi connectivity index (χ2v) is 3.67. The lowest BCUT2D eigenvalue weighted by atomic mass is 10.3. The van der Waals surface area contributed by atoms with Gasteiger partial charge < -0.3 is 9.64 Å². The summed E-state index contributed by atoms with van der Waals surface area (Å²) in [4.78, 5) is 12.8. The average Bonchev–Trinajstić information content (AvgIpc) is 2.00. The van der Waals surface area contributed by atoms with Gasteiger partial charge in [0.1, 0.15) is 5.78 Å². The van der Waals surface area contributed by atoms with Crippen molar-refractivity contribution < 1.29 is 9.53 Å². The first-order valence-electron chi connectivity index (χ1n) is 4.82. The van der Waals surface area contributed by atoms with Gasteiger partial charge in [0.25, 0.3) is 0 Å². The van der Waals surface area contributed by atoms with E-state index in [1.54, 1.807) is 6.92 Å². The van der Waals surface area contributed by atoms with Gasteiger partial charge in [-0.1, -0.05) is 0 Å². The van der Waals surface area contributed by atoms with Crippen LogP contribution >= 0.6 is 0 Å². The average molecular weight is 187 g/mol. The maximum Gasteiger partial charge on any atom is 0.131 e. The number of carbonyl (C=O) groups is 1. The summed E-state index contributed by atoms with van der Waals surface area (Å²) in [5, 5.41) is 0. The Kier molecular flexibility index (Phi) is 6.82. The molecule has 0 saturated heterocycles. The zero-order chi connectivity index (χ0) is 10.3. The Hall–Kier alpha value is -0.410. The van der Waals surface area contributed by atoms with E-state index in [1.165, 1.54) is 0 Å². The van der Waals surface area contributed by atoms with Crippen LogP contribution in [0.5, 0.6) is 0 Å². The highest BCUT2D eigenvalue weighted by Gasteiger charge is 2.00. The first-order chi connectivity index (χ1) is 6.02. The van der Waals surface area contributed by atoms with Crippen molar-refractivity contribution in [2.75, 3.05) is 26.7 Å². The van der Waals surface area contributed by atoms with Crippen molar-refractivity contribution in [3.8, 4) is 0 Å². The van der Waals surface area contributed by atoms with Gasteiger partial charge in [0, 0.05) is 19.5 Å². The number of ketones is 1. The van der Waals surface area contributed by atoms with Crippen molar-refractivity contribution in [1.82, 2.24) is 4.90 Å². The van der Waals surface area contributed by atoms with Gasteiger partial charge in [-0.2, -0.15) is 0 Å². The van der Waals surface area contributed by atoms with Crippen LogP contribution in [0.4, 0.5) is 0 Å². The fraction of sp³-hybridized carbons (Fsp3) is 0.900. The second-order valence-electron chi connectivity index (χ2n) is 3.67. The summed E-state index contributed by atoms with van der Waals surface area (Å²) in [6.45, 7) is 8.14. The summed E-state index contributed by atoms with van der Waals surface area (Å²) in [6, 6.07) is 0. The normalized spacial score (nSPS) is 11.2. The Morgan fingerprint density at radius 3 is 2.46 bits per heavy atom. The molecule has 0 unspecified atom stereocenters. The topological polar surface area (TPSA) is 29.5 Å². The Bertz CT molecular complexity index is 146. The number of rotatable bonds is 7. The Morgan fingerprint density at radius 1 is 1.38 bits per heavy atom. The Labute approximate surface area is 81.1 Å². The fourth-order valence-corrected chi connectivity index (χ4v) is 0.904. The Morgan fingerprint density at radius 2 is 2.00 bits per heavy atom. The lowest BCUT2D eigenvalue weighted by molar-refractivity contribution is -0.117. The van der Waals surface area contributed by atoms with Gasteiger partial charge in [-0.05, 0) is 27.8 Å². The molecule has 0 atom stereocenters. The molecule has 0 rings (SSSR count). The molecule has 0 N–H and O–H groups in total. The van der Waals surface area contributed by atoms with Gasteiger partial charge in [-0.3, -0.25) is 4.79 Å². The molecule has 0 spiro atoms. The van der Waals surface area contributed by atoms with Gasteiger partial charge in [0.2, 0.25) is 0 Å². The highest BCUT2D eigenvalue weighted by atomic mass is 16.5. The van der Waals surface area contributed by atoms with Crippen molar-refractivity contribution in [3.05, 3.63) is 0 Å². The number of Topliss-reactive ketones (excluding diaryl/α,β-unsaturated/α-hetero) is 1. The van der Waals surface area contributed by atoms with Crippen LogP contribution in [0.15, 0.2) is 0 Å². The molecule has 78 valence electrons. The maximum atomic E-state index is 10.7. The van der Waals surface area contributed by atoms with Gasteiger partial charge in [0.15, 0.2) is 0 Å². The summed E-state index contributed by atoms with van der Waals surface area (Å²) in [6.07, 6.45) is 0.930. The van der Waals surface area contributed by atoms with Crippen LogP contribution in [0.2, 0.25) is 0 Å². The maximum absolute atomic E-state index is 10.7. The number of hydrogen-bond donors (Lipinski definition) is 0. The van der Waals surface area contributed by atoms with Crippen LogP contribution < -0.4 is 0 Å². The predicted molar refractivity (Wildman–Crippen MR) is 53.9 cm³/mol. The Balaban J connectivity index is 3.30. The zero-order valence-electron chi connectivity index (χ0n) is 9.17. The van der Waals surface area contributed by atoms with E-state index in [2.05, 4.69) is 4.90 Å². The molecule has 0 saturated carbocycles. The van der Waals surface area contributed by atoms with E-state index < -0.39 is 0 Å². The van der Waals surface area contributed by atoms with Crippen LogP contribution in [-0.2, 0) is 9.53 Å². The number of hydrogen-bond acceptors (Lipinski definition) is 3. The van der Waals surface area contributed by atoms with Crippen molar-refractivity contribution in [2.24, 2.45) is 0 Å². The summed E-state index contributed by atoms with van der Waals surface area (Å²) in [5.41, 5.74) is 0. The second kappa shape index (κ2) is 7.04. The molecule has 0 aliphatic carbocycles. The van der Waals surface area contributed by atoms with Crippen LogP contribution in [-0.4, -0.2) is 43.5 Å². The van der Waals surface area contributed by atoms with Gasteiger partial charge in [-0.15, -0.1) is 0 Å². The first-order valence-corrected chi connectivity index (χ1v) is 4.82. The van der Waals surface area contributed by atoms with Gasteiger partial charge in [0.05, 0.1) is 12.7 Å². The van der Waals surface area contributed by atoms with Gasteiger partial charge >= 0.3 is 0 Å². The standard InChI is InChI=1S/C10H21NO2/c1-9(2)13-8-7-11(4)6-5-10(3)12/h9H,5-8H2,1-4H3. The number of carbonyl (C=O) groups excluding carboxylic acids is 1. The third kappa shape index (κ3) is 9.50. The SMILES string of the molecule is CC(=O)CCN(C)CCOC(C)C. The molecule has 0 heterocycles. The third-order valence-electron chi connectivity index (χ3n) is 1.77. The van der Waals surface area contributed by atoms with Gasteiger partial charge in [-0.25, -0.2) is 0 Å². The highest BCUT2D eigenvalue weighted by molar-refractivity contribution is 5.75. The third-order valence-corrected chi connectivity index (χ3v) is 1.77. The first kappa shape index (κ1) is 12.6. The van der Waals surface area contributed by atoms with E-state index in [0.29, 0.717) is 12.5 Å². The van der Waals surface area contributed by atoms with Crippen LogP contribution in [0.1, 0.15) is 27.2 Å². The lowest BCUT2D eigenvalue weighted by Gasteiger charge is -2.16. The van der Waals surface area contributed by atoms with Crippen LogP contribution in [0, 0.1) is 0 Å². The molecule has 3 heteroatoms. The highest BCUT2D eigenvalue weighted by Crippen LogP contribution is 1.91. The monoisotopic (exact) mass is 187 g/mol. The molecule has 0 aliphatic rings. The molecule has 0 bridgehead atoms. The van der Waals surface area contributed by atoms with Crippen molar-refractivity contribution in [3.63, 3.8) is 0 Å². The summed E-state index contributed by atoms with van der Waals surface area (Å²) in [7, 11) is 2.01.